The number of hydrogen-bond acceptors (Lipinski definition) is 4. The Morgan fingerprint density at radius 2 is 1.89 bits per heavy atom. The van der Waals surface area contributed by atoms with Crippen LogP contribution in [0.25, 0.3) is 0 Å². The fraction of sp³-hybridized carbons (Fsp3) is 0.308. The Balaban J connectivity index is 2.21. The van der Waals surface area contributed by atoms with Gasteiger partial charge >= 0.3 is 11.9 Å². The predicted octanol–water partition coefficient (Wildman–Crippen LogP) is 1.13. The average Bonchev–Trinajstić information content (AvgIpc) is 2.64. The van der Waals surface area contributed by atoms with Gasteiger partial charge in [0, 0.05) is 6.42 Å². The average molecular weight is 248 g/mol. The van der Waals surface area contributed by atoms with Crippen LogP contribution < -0.4 is 0 Å². The van der Waals surface area contributed by atoms with E-state index in [1.807, 2.05) is 0 Å². The number of Topliss-reactive ketones (excluding diaryl/α,β-unsaturated/α-hetero) is 1. The number of cyclic esters (lactones) is 1. The lowest BCUT2D eigenvalue weighted by atomic mass is 9.89. The Morgan fingerprint density at radius 3 is 2.50 bits per heavy atom. The number of carbonyl (C=O) groups is 3. The minimum absolute atomic E-state index is 0.130. The number of ketones is 1. The van der Waals surface area contributed by atoms with Crippen LogP contribution in [-0.4, -0.2) is 28.9 Å². The Morgan fingerprint density at radius 1 is 1.22 bits per heavy atom. The number of carboxylic acids is 1. The summed E-state index contributed by atoms with van der Waals surface area (Å²) in [6, 6.07) is 8.80. The highest BCUT2D eigenvalue weighted by atomic mass is 16.6. The van der Waals surface area contributed by atoms with Crippen LogP contribution in [0.15, 0.2) is 30.3 Å². The van der Waals surface area contributed by atoms with E-state index in [9.17, 15) is 14.4 Å². The molecule has 2 rings (SSSR count). The van der Waals surface area contributed by atoms with Gasteiger partial charge in [-0.25, -0.2) is 4.79 Å². The third-order valence-electron chi connectivity index (χ3n) is 2.92. The molecule has 2 atom stereocenters. The maximum absolute atomic E-state index is 11.7. The Kier molecular flexibility index (Phi) is 3.41. The lowest BCUT2D eigenvalue weighted by Crippen LogP contribution is -2.19. The van der Waals surface area contributed by atoms with E-state index < -0.39 is 29.7 Å². The first kappa shape index (κ1) is 12.3. The number of hydrogen-bond donors (Lipinski definition) is 1. The maximum Gasteiger partial charge on any atom is 0.375 e. The molecular formula is C13H12O5. The summed E-state index contributed by atoms with van der Waals surface area (Å²) in [5, 5.41) is 8.64. The van der Waals surface area contributed by atoms with Gasteiger partial charge < -0.3 is 9.84 Å². The normalized spacial score (nSPS) is 22.9. The van der Waals surface area contributed by atoms with E-state index in [0.717, 1.165) is 0 Å². The molecule has 2 unspecified atom stereocenters. The van der Waals surface area contributed by atoms with Gasteiger partial charge in [0.05, 0.1) is 5.92 Å². The zero-order valence-electron chi connectivity index (χ0n) is 9.54. The summed E-state index contributed by atoms with van der Waals surface area (Å²) in [5.74, 6) is -3.13. The number of aliphatic carboxylic acids is 1. The SMILES string of the molecule is O=C(O)CCC1OC(=O)C(=O)C1c1ccccc1. The number of esters is 1. The summed E-state index contributed by atoms with van der Waals surface area (Å²) >= 11 is 0. The van der Waals surface area contributed by atoms with Crippen LogP contribution in [0.3, 0.4) is 0 Å². The molecule has 1 aliphatic heterocycles. The quantitative estimate of drug-likeness (QED) is 0.638. The highest BCUT2D eigenvalue weighted by Gasteiger charge is 2.44. The monoisotopic (exact) mass is 248 g/mol. The summed E-state index contributed by atoms with van der Waals surface area (Å²) in [6.45, 7) is 0. The molecule has 1 heterocycles. The molecule has 1 aliphatic rings. The van der Waals surface area contributed by atoms with Crippen LogP contribution in [0.2, 0.25) is 0 Å². The van der Waals surface area contributed by atoms with Crippen LogP contribution in [0, 0.1) is 0 Å². The van der Waals surface area contributed by atoms with Crippen molar-refractivity contribution in [3.63, 3.8) is 0 Å². The summed E-state index contributed by atoms with van der Waals surface area (Å²) in [6.07, 6.45) is -0.662. The predicted molar refractivity (Wildman–Crippen MR) is 60.9 cm³/mol. The number of carboxylic acid groups (broad SMARTS) is 1. The third kappa shape index (κ3) is 2.40. The first-order chi connectivity index (χ1) is 8.59. The molecule has 0 aliphatic carbocycles. The van der Waals surface area contributed by atoms with Crippen molar-refractivity contribution in [2.75, 3.05) is 0 Å². The molecule has 5 nitrogen and oxygen atoms in total. The minimum Gasteiger partial charge on any atom is -0.481 e. The standard InChI is InChI=1S/C13H12O5/c14-10(15)7-6-9-11(12(16)13(17)18-9)8-4-2-1-3-5-8/h1-5,9,11H,6-7H2,(H,14,15). The largest absolute Gasteiger partial charge is 0.481 e. The summed E-state index contributed by atoms with van der Waals surface area (Å²) in [5.41, 5.74) is 0.684. The highest BCUT2D eigenvalue weighted by molar-refractivity contribution is 6.37. The number of carbonyl (C=O) groups excluding carboxylic acids is 2. The molecule has 1 N–H and O–H groups in total. The van der Waals surface area contributed by atoms with Gasteiger partial charge in [-0.05, 0) is 12.0 Å². The highest BCUT2D eigenvalue weighted by Crippen LogP contribution is 2.31. The fourth-order valence-electron chi connectivity index (χ4n) is 2.08. The van der Waals surface area contributed by atoms with Crippen molar-refractivity contribution in [3.8, 4) is 0 Å². The first-order valence-corrected chi connectivity index (χ1v) is 5.61. The molecule has 94 valence electrons. The van der Waals surface area contributed by atoms with E-state index in [4.69, 9.17) is 9.84 Å². The van der Waals surface area contributed by atoms with E-state index in [0.29, 0.717) is 5.56 Å². The summed E-state index contributed by atoms with van der Waals surface area (Å²) in [7, 11) is 0. The van der Waals surface area contributed by atoms with Crippen LogP contribution in [-0.2, 0) is 19.1 Å². The Labute approximate surface area is 103 Å². The molecule has 5 heteroatoms. The van der Waals surface area contributed by atoms with Crippen molar-refractivity contribution >= 4 is 17.7 Å². The molecule has 0 aromatic heterocycles. The molecule has 1 fully saturated rings. The zero-order valence-corrected chi connectivity index (χ0v) is 9.54. The molecule has 1 saturated heterocycles. The van der Waals surface area contributed by atoms with Crippen LogP contribution in [0.1, 0.15) is 24.3 Å². The second-order valence-corrected chi connectivity index (χ2v) is 4.13. The van der Waals surface area contributed by atoms with Crippen molar-refractivity contribution in [2.45, 2.75) is 24.9 Å². The van der Waals surface area contributed by atoms with Crippen molar-refractivity contribution in [1.82, 2.24) is 0 Å². The van der Waals surface area contributed by atoms with Crippen molar-refractivity contribution in [1.29, 1.82) is 0 Å². The zero-order chi connectivity index (χ0) is 13.1. The van der Waals surface area contributed by atoms with E-state index in [1.54, 1.807) is 30.3 Å². The van der Waals surface area contributed by atoms with Gasteiger partial charge in [0.15, 0.2) is 0 Å². The minimum atomic E-state index is -0.975. The van der Waals surface area contributed by atoms with Crippen LogP contribution in [0.5, 0.6) is 0 Å². The first-order valence-electron chi connectivity index (χ1n) is 5.61. The smallest absolute Gasteiger partial charge is 0.375 e. The van der Waals surface area contributed by atoms with Gasteiger partial charge in [-0.15, -0.1) is 0 Å². The second kappa shape index (κ2) is 5.00. The molecule has 0 bridgehead atoms. The molecule has 0 spiro atoms. The van der Waals surface area contributed by atoms with E-state index in [-0.39, 0.29) is 12.8 Å². The van der Waals surface area contributed by atoms with Gasteiger partial charge in [-0.1, -0.05) is 30.3 Å². The topological polar surface area (TPSA) is 80.7 Å². The summed E-state index contributed by atoms with van der Waals surface area (Å²) < 4.78 is 4.94. The molecule has 18 heavy (non-hydrogen) atoms. The number of ether oxygens (including phenoxy) is 1. The molecule has 0 amide bonds. The van der Waals surface area contributed by atoms with Gasteiger partial charge in [-0.3, -0.25) is 9.59 Å². The van der Waals surface area contributed by atoms with Gasteiger partial charge in [0.25, 0.3) is 5.78 Å². The lowest BCUT2D eigenvalue weighted by Gasteiger charge is -2.15. The Hall–Kier alpha value is -2.17. The number of rotatable bonds is 4. The third-order valence-corrected chi connectivity index (χ3v) is 2.92. The second-order valence-electron chi connectivity index (χ2n) is 4.13. The number of benzene rings is 1. The molecule has 1 aromatic rings. The molecule has 0 radical (unpaired) electrons. The van der Waals surface area contributed by atoms with Gasteiger partial charge in [-0.2, -0.15) is 0 Å². The van der Waals surface area contributed by atoms with Gasteiger partial charge in [0.1, 0.15) is 6.10 Å². The van der Waals surface area contributed by atoms with Crippen LogP contribution >= 0.6 is 0 Å². The lowest BCUT2D eigenvalue weighted by molar-refractivity contribution is -0.149. The summed E-state index contributed by atoms with van der Waals surface area (Å²) in [4.78, 5) is 33.6. The maximum atomic E-state index is 11.7. The molecule has 1 aromatic carbocycles. The molecular weight excluding hydrogens is 236 g/mol. The van der Waals surface area contributed by atoms with Crippen LogP contribution in [0.4, 0.5) is 0 Å². The van der Waals surface area contributed by atoms with E-state index in [1.165, 1.54) is 0 Å². The molecule has 0 saturated carbocycles. The van der Waals surface area contributed by atoms with E-state index in [2.05, 4.69) is 0 Å². The van der Waals surface area contributed by atoms with Gasteiger partial charge in [0.2, 0.25) is 0 Å². The van der Waals surface area contributed by atoms with E-state index >= 15 is 0 Å². The Bertz CT molecular complexity index is 479. The van der Waals surface area contributed by atoms with Crippen molar-refractivity contribution in [3.05, 3.63) is 35.9 Å². The fourth-order valence-corrected chi connectivity index (χ4v) is 2.08. The van der Waals surface area contributed by atoms with Crippen molar-refractivity contribution < 1.29 is 24.2 Å². The van der Waals surface area contributed by atoms with Crippen molar-refractivity contribution in [2.24, 2.45) is 0 Å².